The second-order valence-electron chi connectivity index (χ2n) is 6.75. The molecule has 0 aromatic heterocycles. The zero-order valence-electron chi connectivity index (χ0n) is 16.9. The molecule has 0 aliphatic carbocycles. The van der Waals surface area contributed by atoms with E-state index in [1.165, 1.54) is 12.0 Å². The molecule has 0 saturated carbocycles. The summed E-state index contributed by atoms with van der Waals surface area (Å²) in [5.41, 5.74) is 1.49. The Morgan fingerprint density at radius 2 is 1.97 bits per heavy atom. The van der Waals surface area contributed by atoms with Crippen LogP contribution in [0.5, 0.6) is 11.5 Å². The Labute approximate surface area is 203 Å². The molecule has 0 atom stereocenters. The number of halogens is 3. The molecule has 1 aliphatic heterocycles. The smallest absolute Gasteiger partial charge is 0.293 e. The van der Waals surface area contributed by atoms with Crippen LogP contribution in [-0.2, 0) is 11.4 Å². The van der Waals surface area contributed by atoms with Crippen molar-refractivity contribution >= 4 is 68.1 Å². The molecule has 2 amide bonds. The van der Waals surface area contributed by atoms with Gasteiger partial charge in [-0.15, -0.1) is 0 Å². The van der Waals surface area contributed by atoms with Crippen LogP contribution in [0, 0.1) is 0 Å². The Kier molecular flexibility index (Phi) is 8.33. The van der Waals surface area contributed by atoms with E-state index in [2.05, 4.69) is 15.9 Å². The van der Waals surface area contributed by atoms with Gasteiger partial charge < -0.3 is 9.47 Å². The van der Waals surface area contributed by atoms with Gasteiger partial charge in [-0.05, 0) is 70.0 Å². The summed E-state index contributed by atoms with van der Waals surface area (Å²) in [6, 6.07) is 8.76. The lowest BCUT2D eigenvalue weighted by molar-refractivity contribution is -0.122. The molecule has 2 aromatic carbocycles. The Bertz CT molecular complexity index is 1040. The zero-order valence-corrected chi connectivity index (χ0v) is 20.8. The van der Waals surface area contributed by atoms with E-state index in [-0.39, 0.29) is 17.8 Å². The summed E-state index contributed by atoms with van der Waals surface area (Å²) >= 11 is 16.6. The number of methoxy groups -OCH3 is 1. The largest absolute Gasteiger partial charge is 0.493 e. The maximum absolute atomic E-state index is 12.6. The molecule has 0 radical (unpaired) electrons. The van der Waals surface area contributed by atoms with Crippen molar-refractivity contribution in [2.45, 2.75) is 26.4 Å². The SMILES string of the molecule is CCCCN1C(=O)S/C(=C\c2cc(Br)c(OCc3ccc(Cl)cc3Cl)c(OC)c2)C1=O. The van der Waals surface area contributed by atoms with E-state index >= 15 is 0 Å². The average Bonchev–Trinajstić information content (AvgIpc) is 2.99. The Morgan fingerprint density at radius 3 is 2.65 bits per heavy atom. The number of hydrogen-bond donors (Lipinski definition) is 0. The molecule has 2 aromatic rings. The highest BCUT2D eigenvalue weighted by atomic mass is 79.9. The van der Waals surface area contributed by atoms with Gasteiger partial charge in [-0.25, -0.2) is 0 Å². The van der Waals surface area contributed by atoms with Gasteiger partial charge in [-0.1, -0.05) is 42.6 Å². The lowest BCUT2D eigenvalue weighted by Gasteiger charge is -2.14. The van der Waals surface area contributed by atoms with Crippen LogP contribution in [0.3, 0.4) is 0 Å². The van der Waals surface area contributed by atoms with Gasteiger partial charge in [0.05, 0.1) is 16.5 Å². The van der Waals surface area contributed by atoms with E-state index in [1.807, 2.05) is 6.92 Å². The van der Waals surface area contributed by atoms with Gasteiger partial charge in [0.1, 0.15) is 6.61 Å². The highest BCUT2D eigenvalue weighted by Gasteiger charge is 2.34. The van der Waals surface area contributed by atoms with Gasteiger partial charge in [0.2, 0.25) is 0 Å². The zero-order chi connectivity index (χ0) is 22.5. The minimum Gasteiger partial charge on any atom is -0.493 e. The molecule has 9 heteroatoms. The second kappa shape index (κ2) is 10.8. The Balaban J connectivity index is 1.81. The standard InChI is InChI=1S/C22H20BrCl2NO4S/c1-3-4-7-26-21(27)19(31-22(26)28)10-13-8-16(23)20(18(9-13)29-2)30-12-14-5-6-15(24)11-17(14)25/h5-6,8-11H,3-4,7,12H2,1-2H3/b19-10-. The maximum Gasteiger partial charge on any atom is 0.293 e. The molecule has 1 heterocycles. The van der Waals surface area contributed by atoms with E-state index < -0.39 is 0 Å². The fourth-order valence-corrected chi connectivity index (χ4v) is 4.81. The molecule has 5 nitrogen and oxygen atoms in total. The van der Waals surface area contributed by atoms with Crippen LogP contribution >= 0.6 is 50.9 Å². The van der Waals surface area contributed by atoms with Crippen molar-refractivity contribution in [1.29, 1.82) is 0 Å². The first-order valence-corrected chi connectivity index (χ1v) is 11.9. The molecule has 0 unspecified atom stereocenters. The average molecular weight is 545 g/mol. The molecule has 0 N–H and O–H groups in total. The first-order chi connectivity index (χ1) is 14.8. The predicted octanol–water partition coefficient (Wildman–Crippen LogP) is 7.18. The third-order valence-corrected chi connectivity index (χ3v) is 6.63. The summed E-state index contributed by atoms with van der Waals surface area (Å²) in [5, 5.41) is 0.824. The van der Waals surface area contributed by atoms with Crippen LogP contribution in [0.25, 0.3) is 6.08 Å². The molecule has 1 fully saturated rings. The number of unbranched alkanes of at least 4 members (excludes halogenated alkanes) is 1. The molecule has 0 spiro atoms. The number of thioether (sulfide) groups is 1. The molecule has 3 rings (SSSR count). The number of imide groups is 1. The van der Waals surface area contributed by atoms with Crippen molar-refractivity contribution in [2.75, 3.05) is 13.7 Å². The molecule has 0 bridgehead atoms. The van der Waals surface area contributed by atoms with Crippen LogP contribution in [0.1, 0.15) is 30.9 Å². The third kappa shape index (κ3) is 5.77. The summed E-state index contributed by atoms with van der Waals surface area (Å²) in [6.07, 6.45) is 3.38. The first-order valence-electron chi connectivity index (χ1n) is 9.53. The number of rotatable bonds is 8. The maximum atomic E-state index is 12.6. The lowest BCUT2D eigenvalue weighted by atomic mass is 10.1. The van der Waals surface area contributed by atoms with Crippen molar-refractivity contribution in [1.82, 2.24) is 4.90 Å². The predicted molar refractivity (Wildman–Crippen MR) is 129 cm³/mol. The van der Waals surface area contributed by atoms with Gasteiger partial charge in [0.25, 0.3) is 11.1 Å². The molecule has 1 aliphatic rings. The number of nitrogens with zero attached hydrogens (tertiary/aromatic N) is 1. The topological polar surface area (TPSA) is 55.8 Å². The number of ether oxygens (including phenoxy) is 2. The first kappa shape index (κ1) is 24.0. The van der Waals surface area contributed by atoms with Crippen molar-refractivity contribution in [3.05, 3.63) is 60.9 Å². The molecular formula is C22H20BrCl2NO4S. The summed E-state index contributed by atoms with van der Waals surface area (Å²) in [4.78, 5) is 26.4. The van der Waals surface area contributed by atoms with Crippen LogP contribution in [-0.4, -0.2) is 29.7 Å². The van der Waals surface area contributed by atoms with E-state index in [1.54, 1.807) is 36.4 Å². The van der Waals surface area contributed by atoms with Crippen LogP contribution in [0.2, 0.25) is 10.0 Å². The molecular weight excluding hydrogens is 525 g/mol. The lowest BCUT2D eigenvalue weighted by Crippen LogP contribution is -2.29. The van der Waals surface area contributed by atoms with Crippen LogP contribution in [0.15, 0.2) is 39.7 Å². The van der Waals surface area contributed by atoms with Crippen molar-refractivity contribution in [2.24, 2.45) is 0 Å². The fraction of sp³-hybridized carbons (Fsp3) is 0.273. The van der Waals surface area contributed by atoms with Gasteiger partial charge in [-0.3, -0.25) is 14.5 Å². The minimum absolute atomic E-state index is 0.223. The normalized spacial score (nSPS) is 15.1. The van der Waals surface area contributed by atoms with Gasteiger partial charge in [-0.2, -0.15) is 0 Å². The summed E-state index contributed by atoms with van der Waals surface area (Å²) in [5.74, 6) is 0.717. The summed E-state index contributed by atoms with van der Waals surface area (Å²) in [6.45, 7) is 2.68. The van der Waals surface area contributed by atoms with Gasteiger partial charge in [0, 0.05) is 22.2 Å². The highest BCUT2D eigenvalue weighted by molar-refractivity contribution is 9.10. The quantitative estimate of drug-likeness (QED) is 0.329. The third-order valence-electron chi connectivity index (χ3n) is 4.55. The van der Waals surface area contributed by atoms with Crippen LogP contribution in [0.4, 0.5) is 4.79 Å². The number of hydrogen-bond acceptors (Lipinski definition) is 5. The van der Waals surface area contributed by atoms with E-state index in [9.17, 15) is 9.59 Å². The highest BCUT2D eigenvalue weighted by Crippen LogP contribution is 2.40. The molecule has 1 saturated heterocycles. The van der Waals surface area contributed by atoms with E-state index in [0.29, 0.717) is 43.0 Å². The molecule has 31 heavy (non-hydrogen) atoms. The Morgan fingerprint density at radius 1 is 1.19 bits per heavy atom. The number of benzene rings is 2. The van der Waals surface area contributed by atoms with E-state index in [4.69, 9.17) is 32.7 Å². The van der Waals surface area contributed by atoms with Crippen molar-refractivity contribution < 1.29 is 19.1 Å². The van der Waals surface area contributed by atoms with Crippen molar-refractivity contribution in [3.63, 3.8) is 0 Å². The summed E-state index contributed by atoms with van der Waals surface area (Å²) in [7, 11) is 1.53. The number of carbonyl (C=O) groups excluding carboxylic acids is 2. The van der Waals surface area contributed by atoms with Gasteiger partial charge >= 0.3 is 0 Å². The Hall–Kier alpha value is -1.67. The van der Waals surface area contributed by atoms with Gasteiger partial charge in [0.15, 0.2) is 11.5 Å². The van der Waals surface area contributed by atoms with E-state index in [0.717, 1.165) is 30.2 Å². The number of amides is 2. The van der Waals surface area contributed by atoms with Crippen LogP contribution < -0.4 is 9.47 Å². The summed E-state index contributed by atoms with van der Waals surface area (Å²) < 4.78 is 12.1. The second-order valence-corrected chi connectivity index (χ2v) is 9.44. The number of carbonyl (C=O) groups is 2. The minimum atomic E-state index is -0.267. The fourth-order valence-electron chi connectivity index (χ4n) is 2.91. The molecule has 164 valence electrons. The van der Waals surface area contributed by atoms with Crippen molar-refractivity contribution in [3.8, 4) is 11.5 Å². The monoisotopic (exact) mass is 543 g/mol.